The summed E-state index contributed by atoms with van der Waals surface area (Å²) in [6.45, 7) is 3.22. The number of likely N-dealkylation sites (N-methyl/N-ethyl adjacent to an activating group) is 1. The quantitative estimate of drug-likeness (QED) is 0.645. The average Bonchev–Trinajstić information content (AvgIpc) is 2.46. The molecule has 1 aromatic carbocycles. The highest BCUT2D eigenvalue weighted by Gasteiger charge is 2.26. The van der Waals surface area contributed by atoms with Gasteiger partial charge in [0, 0.05) is 44.0 Å². The second kappa shape index (κ2) is 6.06. The first-order valence-corrected chi connectivity index (χ1v) is 6.54. The van der Waals surface area contributed by atoms with Crippen molar-refractivity contribution in [2.24, 2.45) is 5.73 Å². The Morgan fingerprint density at radius 1 is 1.50 bits per heavy atom. The Labute approximate surface area is 118 Å². The highest BCUT2D eigenvalue weighted by molar-refractivity contribution is 5.60. The predicted molar refractivity (Wildman–Crippen MR) is 77.3 cm³/mol. The molecule has 1 atom stereocenters. The molecule has 0 aromatic heterocycles. The molecule has 110 valence electrons. The molecule has 1 heterocycles. The maximum absolute atomic E-state index is 10.9. The van der Waals surface area contributed by atoms with Crippen LogP contribution in [0.1, 0.15) is 0 Å². The van der Waals surface area contributed by atoms with Gasteiger partial charge in [-0.15, -0.1) is 0 Å². The fourth-order valence-corrected chi connectivity index (χ4v) is 2.55. The van der Waals surface area contributed by atoms with Crippen LogP contribution in [0.2, 0.25) is 0 Å². The number of nitro groups is 1. The van der Waals surface area contributed by atoms with Gasteiger partial charge in [0.25, 0.3) is 0 Å². The number of anilines is 1. The van der Waals surface area contributed by atoms with Crippen LogP contribution in [-0.4, -0.2) is 56.2 Å². The number of rotatable bonds is 4. The molecule has 1 aromatic rings. The van der Waals surface area contributed by atoms with Crippen molar-refractivity contribution in [1.29, 1.82) is 0 Å². The van der Waals surface area contributed by atoms with Crippen molar-refractivity contribution in [1.82, 2.24) is 4.90 Å². The maximum Gasteiger partial charge on any atom is 0.311 e. The number of hydrogen-bond donors (Lipinski definition) is 1. The fourth-order valence-electron chi connectivity index (χ4n) is 2.55. The highest BCUT2D eigenvalue weighted by atomic mass is 16.6. The lowest BCUT2D eigenvalue weighted by Crippen LogP contribution is -2.55. The Morgan fingerprint density at radius 3 is 2.85 bits per heavy atom. The van der Waals surface area contributed by atoms with E-state index in [0.29, 0.717) is 6.54 Å². The monoisotopic (exact) mass is 280 g/mol. The van der Waals surface area contributed by atoms with Crippen LogP contribution in [0.5, 0.6) is 5.75 Å². The number of piperazine rings is 1. The standard InChI is InChI=1S/C13H20N4O3/c1-15-5-6-16(11(8-14)9-15)10-3-4-12(17(18)19)13(7-10)20-2/h3-4,7,11H,5-6,8-9,14H2,1-2H3. The van der Waals surface area contributed by atoms with Crippen LogP contribution >= 0.6 is 0 Å². The van der Waals surface area contributed by atoms with Gasteiger partial charge in [-0.05, 0) is 13.1 Å². The van der Waals surface area contributed by atoms with Crippen molar-refractivity contribution in [2.75, 3.05) is 45.2 Å². The number of hydrogen-bond acceptors (Lipinski definition) is 6. The van der Waals surface area contributed by atoms with Gasteiger partial charge in [0.05, 0.1) is 18.1 Å². The summed E-state index contributed by atoms with van der Waals surface area (Å²) in [4.78, 5) is 14.9. The van der Waals surface area contributed by atoms with Crippen molar-refractivity contribution in [3.8, 4) is 5.75 Å². The lowest BCUT2D eigenvalue weighted by Gasteiger charge is -2.41. The Bertz CT molecular complexity index is 495. The third-order valence-corrected chi connectivity index (χ3v) is 3.65. The molecule has 2 rings (SSSR count). The third kappa shape index (κ3) is 2.83. The molecule has 0 spiro atoms. The van der Waals surface area contributed by atoms with Crippen molar-refractivity contribution in [3.63, 3.8) is 0 Å². The van der Waals surface area contributed by atoms with E-state index in [4.69, 9.17) is 10.5 Å². The van der Waals surface area contributed by atoms with Gasteiger partial charge < -0.3 is 20.3 Å². The molecule has 1 aliphatic rings. The Hall–Kier alpha value is -1.86. The molecule has 1 aliphatic heterocycles. The highest BCUT2D eigenvalue weighted by Crippen LogP contribution is 2.32. The Kier molecular flexibility index (Phi) is 4.41. The number of benzene rings is 1. The molecule has 0 amide bonds. The number of ether oxygens (including phenoxy) is 1. The second-order valence-electron chi connectivity index (χ2n) is 4.96. The summed E-state index contributed by atoms with van der Waals surface area (Å²) in [6, 6.07) is 5.17. The zero-order valence-electron chi connectivity index (χ0n) is 11.8. The van der Waals surface area contributed by atoms with Crippen molar-refractivity contribution < 1.29 is 9.66 Å². The van der Waals surface area contributed by atoms with Gasteiger partial charge in [-0.1, -0.05) is 0 Å². The molecule has 0 aliphatic carbocycles. The topological polar surface area (TPSA) is 84.9 Å². The Morgan fingerprint density at radius 2 is 2.25 bits per heavy atom. The van der Waals surface area contributed by atoms with Crippen LogP contribution in [-0.2, 0) is 0 Å². The van der Waals surface area contributed by atoms with E-state index in [1.165, 1.54) is 13.2 Å². The molecule has 7 nitrogen and oxygen atoms in total. The minimum atomic E-state index is -0.437. The van der Waals surface area contributed by atoms with E-state index < -0.39 is 4.92 Å². The number of nitrogens with zero attached hydrogens (tertiary/aromatic N) is 3. The first-order valence-electron chi connectivity index (χ1n) is 6.54. The fraction of sp³-hybridized carbons (Fsp3) is 0.538. The maximum atomic E-state index is 10.9. The van der Waals surface area contributed by atoms with Crippen molar-refractivity contribution in [2.45, 2.75) is 6.04 Å². The first-order chi connectivity index (χ1) is 9.56. The van der Waals surface area contributed by atoms with Gasteiger partial charge in [0.2, 0.25) is 0 Å². The summed E-state index contributed by atoms with van der Waals surface area (Å²) < 4.78 is 5.12. The summed E-state index contributed by atoms with van der Waals surface area (Å²) >= 11 is 0. The van der Waals surface area contributed by atoms with Crippen molar-refractivity contribution >= 4 is 11.4 Å². The Balaban J connectivity index is 2.30. The van der Waals surface area contributed by atoms with Gasteiger partial charge in [0.1, 0.15) is 0 Å². The zero-order chi connectivity index (χ0) is 14.7. The minimum absolute atomic E-state index is 0.0188. The van der Waals surface area contributed by atoms with Gasteiger partial charge in [-0.2, -0.15) is 0 Å². The number of nitrogens with two attached hydrogens (primary N) is 1. The predicted octanol–water partition coefficient (Wildman–Crippen LogP) is 0.683. The van der Waals surface area contributed by atoms with Crippen molar-refractivity contribution in [3.05, 3.63) is 28.3 Å². The normalized spacial score (nSPS) is 19.9. The van der Waals surface area contributed by atoms with Gasteiger partial charge in [-0.25, -0.2) is 0 Å². The van der Waals surface area contributed by atoms with Crippen LogP contribution in [0, 0.1) is 10.1 Å². The van der Waals surface area contributed by atoms with Crippen LogP contribution in [0.25, 0.3) is 0 Å². The second-order valence-corrected chi connectivity index (χ2v) is 4.96. The molecule has 20 heavy (non-hydrogen) atoms. The largest absolute Gasteiger partial charge is 0.490 e. The van der Waals surface area contributed by atoms with E-state index in [0.717, 1.165) is 25.3 Å². The van der Waals surface area contributed by atoms with E-state index in [9.17, 15) is 10.1 Å². The van der Waals surface area contributed by atoms with Gasteiger partial charge in [0.15, 0.2) is 5.75 Å². The molecule has 0 radical (unpaired) electrons. The van der Waals surface area contributed by atoms with Gasteiger partial charge in [-0.3, -0.25) is 10.1 Å². The molecular formula is C13H20N4O3. The van der Waals surface area contributed by atoms with E-state index in [-0.39, 0.29) is 17.5 Å². The van der Waals surface area contributed by atoms with Crippen LogP contribution in [0.3, 0.4) is 0 Å². The molecule has 1 fully saturated rings. The van der Waals surface area contributed by atoms with E-state index in [2.05, 4.69) is 16.8 Å². The summed E-state index contributed by atoms with van der Waals surface area (Å²) in [5.41, 5.74) is 6.73. The molecule has 2 N–H and O–H groups in total. The molecular weight excluding hydrogens is 260 g/mol. The van der Waals surface area contributed by atoms with E-state index >= 15 is 0 Å². The molecule has 1 saturated heterocycles. The lowest BCUT2D eigenvalue weighted by molar-refractivity contribution is -0.385. The average molecular weight is 280 g/mol. The van der Waals surface area contributed by atoms with Gasteiger partial charge >= 0.3 is 5.69 Å². The molecule has 1 unspecified atom stereocenters. The molecule has 0 saturated carbocycles. The van der Waals surface area contributed by atoms with Crippen LogP contribution in [0.4, 0.5) is 11.4 Å². The number of nitro benzene ring substituents is 1. The third-order valence-electron chi connectivity index (χ3n) is 3.65. The van der Waals surface area contributed by atoms with E-state index in [1.54, 1.807) is 12.1 Å². The molecule has 0 bridgehead atoms. The number of methoxy groups -OCH3 is 1. The van der Waals surface area contributed by atoms with Crippen LogP contribution in [0.15, 0.2) is 18.2 Å². The first kappa shape index (κ1) is 14.5. The summed E-state index contributed by atoms with van der Waals surface area (Å²) in [6.07, 6.45) is 0. The summed E-state index contributed by atoms with van der Waals surface area (Å²) in [5.74, 6) is 0.280. The minimum Gasteiger partial charge on any atom is -0.490 e. The summed E-state index contributed by atoms with van der Waals surface area (Å²) in [5, 5.41) is 10.9. The SMILES string of the molecule is COc1cc(N2CCN(C)CC2CN)ccc1[N+](=O)[O-]. The lowest BCUT2D eigenvalue weighted by atomic mass is 10.1. The van der Waals surface area contributed by atoms with E-state index in [1.807, 2.05) is 0 Å². The zero-order valence-corrected chi connectivity index (χ0v) is 11.8. The smallest absolute Gasteiger partial charge is 0.311 e. The molecule has 7 heteroatoms. The summed E-state index contributed by atoms with van der Waals surface area (Å²) in [7, 11) is 3.51. The van der Waals surface area contributed by atoms with Crippen LogP contribution < -0.4 is 15.4 Å².